The summed E-state index contributed by atoms with van der Waals surface area (Å²) in [5.41, 5.74) is 12.0. The van der Waals surface area contributed by atoms with Gasteiger partial charge in [0.25, 0.3) is 0 Å². The molecule has 11 aromatic rings. The maximum atomic E-state index is 2.56. The van der Waals surface area contributed by atoms with Crippen molar-refractivity contribution in [2.24, 2.45) is 0 Å². The van der Waals surface area contributed by atoms with Crippen molar-refractivity contribution in [3.63, 3.8) is 0 Å². The van der Waals surface area contributed by atoms with E-state index in [1.165, 1.54) is 87.4 Å². The first-order valence-corrected chi connectivity index (χ1v) is 17.9. The highest BCUT2D eigenvalue weighted by Crippen LogP contribution is 2.48. The molecule has 2 heterocycles. The minimum absolute atomic E-state index is 1.15. The number of rotatable bonds is 4. The van der Waals surface area contributed by atoms with Crippen LogP contribution in [0.25, 0.3) is 98.8 Å². The largest absolute Gasteiger partial charge is 0.309 e. The topological polar surface area (TPSA) is 9.86 Å². The molecule has 11 rings (SSSR count). The SMILES string of the molecule is c1ccc(-c2cccc(-n3c4ccccc4c4c3c3ccccc3c3c5ccc6ccccc6c5n(-c5cccc(-c6ccccc6)c5)c34)c2)cc1. The Kier molecular flexibility index (Phi) is 6.28. The Morgan fingerprint density at radius 1 is 0.269 bits per heavy atom. The van der Waals surface area contributed by atoms with Gasteiger partial charge in [0.2, 0.25) is 0 Å². The van der Waals surface area contributed by atoms with E-state index >= 15 is 0 Å². The Bertz CT molecular complexity index is 3160. The van der Waals surface area contributed by atoms with Gasteiger partial charge in [0.05, 0.1) is 22.1 Å². The number of para-hydroxylation sites is 1. The van der Waals surface area contributed by atoms with Gasteiger partial charge in [0, 0.05) is 43.7 Å². The molecule has 0 radical (unpaired) electrons. The quantitative estimate of drug-likeness (QED) is 0.178. The highest BCUT2D eigenvalue weighted by Gasteiger charge is 2.25. The third-order valence-corrected chi connectivity index (χ3v) is 10.8. The van der Waals surface area contributed by atoms with Crippen molar-refractivity contribution in [3.05, 3.63) is 194 Å². The number of nitrogens with zero attached hydrogens (tertiary/aromatic N) is 2. The zero-order chi connectivity index (χ0) is 34.2. The van der Waals surface area contributed by atoms with Crippen LogP contribution in [-0.2, 0) is 0 Å². The highest BCUT2D eigenvalue weighted by molar-refractivity contribution is 6.38. The first-order valence-electron chi connectivity index (χ1n) is 17.9. The fraction of sp³-hybridized carbons (Fsp3) is 0. The molecule has 52 heavy (non-hydrogen) atoms. The molecule has 242 valence electrons. The lowest BCUT2D eigenvalue weighted by Gasteiger charge is -2.14. The first-order chi connectivity index (χ1) is 25.8. The lowest BCUT2D eigenvalue weighted by atomic mass is 9.98. The molecule has 0 bridgehead atoms. The van der Waals surface area contributed by atoms with Crippen molar-refractivity contribution in [2.75, 3.05) is 0 Å². The highest BCUT2D eigenvalue weighted by atomic mass is 15.0. The number of hydrogen-bond donors (Lipinski definition) is 0. The van der Waals surface area contributed by atoms with Crippen molar-refractivity contribution in [1.29, 1.82) is 0 Å². The van der Waals surface area contributed by atoms with Crippen LogP contribution in [0.4, 0.5) is 0 Å². The van der Waals surface area contributed by atoms with Gasteiger partial charge >= 0.3 is 0 Å². The lowest BCUT2D eigenvalue weighted by molar-refractivity contribution is 1.18. The summed E-state index contributed by atoms with van der Waals surface area (Å²) in [6.07, 6.45) is 0. The molecule has 2 nitrogen and oxygen atoms in total. The Morgan fingerprint density at radius 2 is 0.808 bits per heavy atom. The maximum absolute atomic E-state index is 2.56. The summed E-state index contributed by atoms with van der Waals surface area (Å²) in [6.45, 7) is 0. The first kappa shape index (κ1) is 28.9. The Hall–Kier alpha value is -6.90. The Labute approximate surface area is 301 Å². The third kappa shape index (κ3) is 4.19. The summed E-state index contributed by atoms with van der Waals surface area (Å²) < 4.78 is 5.06. The number of aromatic nitrogens is 2. The van der Waals surface area contributed by atoms with E-state index in [0.29, 0.717) is 0 Å². The van der Waals surface area contributed by atoms with Crippen LogP contribution in [0.1, 0.15) is 0 Å². The molecule has 2 heteroatoms. The van der Waals surface area contributed by atoms with Crippen molar-refractivity contribution in [1.82, 2.24) is 9.13 Å². The lowest BCUT2D eigenvalue weighted by Crippen LogP contribution is -1.97. The van der Waals surface area contributed by atoms with Crippen molar-refractivity contribution < 1.29 is 0 Å². The van der Waals surface area contributed by atoms with E-state index in [9.17, 15) is 0 Å². The second-order valence-electron chi connectivity index (χ2n) is 13.7. The minimum Gasteiger partial charge on any atom is -0.309 e. The molecule has 0 unspecified atom stereocenters. The average molecular weight is 661 g/mol. The summed E-state index contributed by atoms with van der Waals surface area (Å²) in [5.74, 6) is 0. The van der Waals surface area contributed by atoms with E-state index in [1.807, 2.05) is 0 Å². The summed E-state index contributed by atoms with van der Waals surface area (Å²) in [4.78, 5) is 0. The van der Waals surface area contributed by atoms with Gasteiger partial charge in [-0.2, -0.15) is 0 Å². The van der Waals surface area contributed by atoms with Gasteiger partial charge in [-0.25, -0.2) is 0 Å². The van der Waals surface area contributed by atoms with Gasteiger partial charge < -0.3 is 9.13 Å². The van der Waals surface area contributed by atoms with Crippen LogP contribution in [0, 0.1) is 0 Å². The predicted octanol–water partition coefficient (Wildman–Crippen LogP) is 13.5. The van der Waals surface area contributed by atoms with Crippen LogP contribution in [0.5, 0.6) is 0 Å². The van der Waals surface area contributed by atoms with E-state index < -0.39 is 0 Å². The monoisotopic (exact) mass is 660 g/mol. The van der Waals surface area contributed by atoms with Gasteiger partial charge in [-0.15, -0.1) is 0 Å². The van der Waals surface area contributed by atoms with Crippen LogP contribution < -0.4 is 0 Å². The number of hydrogen-bond acceptors (Lipinski definition) is 0. The van der Waals surface area contributed by atoms with E-state index in [1.54, 1.807) is 0 Å². The summed E-state index contributed by atoms with van der Waals surface area (Å²) >= 11 is 0. The summed E-state index contributed by atoms with van der Waals surface area (Å²) in [7, 11) is 0. The molecule has 0 spiro atoms. The van der Waals surface area contributed by atoms with Gasteiger partial charge in [0.1, 0.15) is 0 Å². The molecule has 0 saturated heterocycles. The third-order valence-electron chi connectivity index (χ3n) is 10.8. The van der Waals surface area contributed by atoms with Crippen LogP contribution >= 0.6 is 0 Å². The van der Waals surface area contributed by atoms with Gasteiger partial charge in [0.15, 0.2) is 0 Å². The van der Waals surface area contributed by atoms with Crippen LogP contribution in [0.2, 0.25) is 0 Å². The summed E-state index contributed by atoms with van der Waals surface area (Å²) in [6, 6.07) is 70.9. The molecule has 9 aromatic carbocycles. The molecule has 0 aliphatic carbocycles. The van der Waals surface area contributed by atoms with Crippen LogP contribution in [0.3, 0.4) is 0 Å². The molecule has 0 aliphatic heterocycles. The molecule has 0 amide bonds. The van der Waals surface area contributed by atoms with Gasteiger partial charge in [-0.05, 0) is 63.4 Å². The second kappa shape index (κ2) is 11.3. The maximum Gasteiger partial charge on any atom is 0.0648 e. The van der Waals surface area contributed by atoms with E-state index in [0.717, 1.165) is 11.4 Å². The molecular weight excluding hydrogens is 629 g/mol. The molecule has 0 atom stereocenters. The van der Waals surface area contributed by atoms with Gasteiger partial charge in [-0.3, -0.25) is 0 Å². The predicted molar refractivity (Wildman–Crippen MR) is 221 cm³/mol. The fourth-order valence-electron chi connectivity index (χ4n) is 8.64. The van der Waals surface area contributed by atoms with E-state index in [4.69, 9.17) is 0 Å². The standard InChI is InChI=1S/C50H32N2/c1-3-15-33(16-4-1)36-20-13-22-38(31-36)51-45-28-12-11-27-43(45)47-49(51)42-26-10-9-25-41(42)46-44-30-29-35-19-7-8-24-40(35)48(44)52(50(46)47)39-23-14-21-37(32-39)34-17-5-2-6-18-34/h1-32H. The molecule has 0 saturated carbocycles. The van der Waals surface area contributed by atoms with Crippen LogP contribution in [-0.4, -0.2) is 9.13 Å². The molecule has 0 N–H and O–H groups in total. The Balaban J connectivity index is 1.37. The van der Waals surface area contributed by atoms with Gasteiger partial charge in [-0.1, -0.05) is 164 Å². The minimum atomic E-state index is 1.15. The van der Waals surface area contributed by atoms with Crippen molar-refractivity contribution in [2.45, 2.75) is 0 Å². The molecule has 0 aliphatic rings. The molecular formula is C50H32N2. The molecule has 0 fully saturated rings. The second-order valence-corrected chi connectivity index (χ2v) is 13.7. The Morgan fingerprint density at radius 3 is 1.50 bits per heavy atom. The normalized spacial score (nSPS) is 11.8. The summed E-state index contributed by atoms with van der Waals surface area (Å²) in [5, 5.41) is 10.0. The number of benzene rings is 9. The zero-order valence-corrected chi connectivity index (χ0v) is 28.4. The molecule has 2 aromatic heterocycles. The van der Waals surface area contributed by atoms with Crippen molar-refractivity contribution >= 4 is 65.2 Å². The van der Waals surface area contributed by atoms with E-state index in [2.05, 4.69) is 203 Å². The fourth-order valence-corrected chi connectivity index (χ4v) is 8.64. The van der Waals surface area contributed by atoms with Crippen molar-refractivity contribution in [3.8, 4) is 33.6 Å². The average Bonchev–Trinajstić information content (AvgIpc) is 3.76. The van der Waals surface area contributed by atoms with E-state index in [-0.39, 0.29) is 0 Å². The van der Waals surface area contributed by atoms with Crippen LogP contribution in [0.15, 0.2) is 194 Å². The zero-order valence-electron chi connectivity index (χ0n) is 28.4. The number of fused-ring (bicyclic) bond motifs is 12. The smallest absolute Gasteiger partial charge is 0.0648 e.